The minimum atomic E-state index is -1.26. The van der Waals surface area contributed by atoms with E-state index >= 15 is 0 Å². The molecule has 1 heterocycles. The minimum absolute atomic E-state index is 0.00657. The number of carbonyl (C=O) groups excluding carboxylic acids is 3. The second-order valence-electron chi connectivity index (χ2n) is 14.6. The molecule has 4 rings (SSSR count). The van der Waals surface area contributed by atoms with E-state index in [1.807, 2.05) is 91.0 Å². The second kappa shape index (κ2) is 18.1. The Morgan fingerprint density at radius 3 is 1.64 bits per heavy atom. The highest BCUT2D eigenvalue weighted by molar-refractivity contribution is 6.04. The van der Waals surface area contributed by atoms with Crippen LogP contribution in [-0.2, 0) is 26.9 Å². The van der Waals surface area contributed by atoms with E-state index in [9.17, 15) is 19.2 Å². The lowest BCUT2D eigenvalue weighted by atomic mass is 9.77. The van der Waals surface area contributed by atoms with E-state index in [0.29, 0.717) is 11.5 Å². The number of hydrogen-bond acceptors (Lipinski definition) is 9. The number of carboxylic acid groups (broad SMARTS) is 1. The summed E-state index contributed by atoms with van der Waals surface area (Å²) in [6.07, 6.45) is -1.42. The van der Waals surface area contributed by atoms with Crippen molar-refractivity contribution in [3.8, 4) is 0 Å². The van der Waals surface area contributed by atoms with Crippen molar-refractivity contribution in [3.63, 3.8) is 0 Å². The molecule has 0 saturated heterocycles. The molecule has 0 aliphatic heterocycles. The number of alkyl carbamates (subject to hydrolysis) is 2. The Morgan fingerprint density at radius 1 is 0.764 bits per heavy atom. The predicted octanol–water partition coefficient (Wildman–Crippen LogP) is 6.58. The van der Waals surface area contributed by atoms with Crippen LogP contribution in [0.15, 0.2) is 102 Å². The fraction of sp³-hybridized carbons (Fsp3) is 0.350. The first kappa shape index (κ1) is 41.4. The van der Waals surface area contributed by atoms with Gasteiger partial charge in [0.15, 0.2) is 0 Å². The van der Waals surface area contributed by atoms with Crippen molar-refractivity contribution in [2.24, 2.45) is 12.0 Å². The highest BCUT2D eigenvalue weighted by Crippen LogP contribution is 2.41. The molecule has 0 radical (unpaired) electrons. The molecule has 0 saturated carbocycles. The number of aromatic nitrogens is 2. The quantitative estimate of drug-likeness (QED) is 0.0400. The van der Waals surface area contributed by atoms with Crippen molar-refractivity contribution in [2.45, 2.75) is 77.2 Å². The summed E-state index contributed by atoms with van der Waals surface area (Å²) in [5, 5.41) is 27.4. The Labute approximate surface area is 320 Å². The van der Waals surface area contributed by atoms with Crippen LogP contribution in [0.4, 0.5) is 25.9 Å². The molecule has 1 aromatic heterocycles. The van der Waals surface area contributed by atoms with Gasteiger partial charge < -0.3 is 30.5 Å². The van der Waals surface area contributed by atoms with Gasteiger partial charge in [0.05, 0.1) is 6.20 Å². The average Bonchev–Trinajstić information content (AvgIpc) is 3.45. The molecule has 4 amide bonds. The van der Waals surface area contributed by atoms with Gasteiger partial charge in [-0.05, 0) is 71.1 Å². The topological polar surface area (TPSA) is 197 Å². The molecular weight excluding hydrogens is 704 g/mol. The Hall–Kier alpha value is -6.38. The highest BCUT2D eigenvalue weighted by Gasteiger charge is 2.38. The fourth-order valence-electron chi connectivity index (χ4n) is 5.65. The standard InChI is InChI=1S/C40H50N8O7/c1-38(2,3)54-36(52)45-34(46-37(53)55-39(4,5)6)44-30(24-17-25-41-35(50)51)33(49)43-31-26-42-48(7)32(31)47-40(27-18-11-8-12-19-27,28-20-13-9-14-21-28)29-22-15-10-16-23-29/h8-16,18-23,26,30,41,47H,17,24-25H2,1-7H3,(H,43,49)(H,50,51)(H2,44,45,46,52,53)/t30-/m0/s1. The zero-order valence-electron chi connectivity index (χ0n) is 32.2. The molecule has 0 unspecified atom stereocenters. The minimum Gasteiger partial charge on any atom is -0.465 e. The van der Waals surface area contributed by atoms with Crippen LogP contribution >= 0.6 is 0 Å². The number of aliphatic imine (C=N–C) groups is 1. The van der Waals surface area contributed by atoms with E-state index in [2.05, 4.69) is 36.7 Å². The fourth-order valence-corrected chi connectivity index (χ4v) is 5.65. The molecular formula is C40H50N8O7. The van der Waals surface area contributed by atoms with Crippen LogP contribution in [0.5, 0.6) is 0 Å². The normalized spacial score (nSPS) is 12.1. The Balaban J connectivity index is 1.77. The lowest BCUT2D eigenvalue weighted by molar-refractivity contribution is -0.117. The molecule has 0 bridgehead atoms. The van der Waals surface area contributed by atoms with E-state index in [0.717, 1.165) is 16.7 Å². The molecule has 4 aromatic rings. The molecule has 0 aliphatic carbocycles. The number of guanidine groups is 1. The number of nitrogens with zero attached hydrogens (tertiary/aromatic N) is 3. The number of nitrogens with one attached hydrogen (secondary N) is 5. The third-order valence-electron chi connectivity index (χ3n) is 7.88. The predicted molar refractivity (Wildman–Crippen MR) is 210 cm³/mol. The van der Waals surface area contributed by atoms with Crippen LogP contribution in [0.3, 0.4) is 0 Å². The van der Waals surface area contributed by atoms with Gasteiger partial charge in [-0.3, -0.25) is 20.1 Å². The monoisotopic (exact) mass is 754 g/mol. The molecule has 0 fully saturated rings. The molecule has 0 aliphatic rings. The zero-order chi connectivity index (χ0) is 40.2. The summed E-state index contributed by atoms with van der Waals surface area (Å²) in [6.45, 7) is 10.00. The number of rotatable bonds is 12. The largest absolute Gasteiger partial charge is 0.465 e. The number of hydrogen-bond donors (Lipinski definition) is 6. The SMILES string of the molecule is Cn1ncc(NC(=O)[C@H](CCCNC(=O)O)N=C(NC(=O)OC(C)(C)C)NC(=O)OC(C)(C)C)c1NC(c1ccccc1)(c1ccccc1)c1ccccc1. The van der Waals surface area contributed by atoms with Crippen molar-refractivity contribution < 1.29 is 33.8 Å². The van der Waals surface area contributed by atoms with E-state index in [1.54, 1.807) is 53.3 Å². The summed E-state index contributed by atoms with van der Waals surface area (Å²) in [7, 11) is 1.74. The Kier molecular flexibility index (Phi) is 13.6. The first-order valence-electron chi connectivity index (χ1n) is 17.8. The van der Waals surface area contributed by atoms with Gasteiger partial charge in [-0.2, -0.15) is 5.10 Å². The number of benzene rings is 3. The van der Waals surface area contributed by atoms with Crippen molar-refractivity contribution in [3.05, 3.63) is 114 Å². The van der Waals surface area contributed by atoms with Gasteiger partial charge >= 0.3 is 18.3 Å². The van der Waals surface area contributed by atoms with Gasteiger partial charge in [-0.25, -0.2) is 19.4 Å². The molecule has 55 heavy (non-hydrogen) atoms. The van der Waals surface area contributed by atoms with Crippen LogP contribution in [0, 0.1) is 0 Å². The lowest BCUT2D eigenvalue weighted by Gasteiger charge is -2.38. The Morgan fingerprint density at radius 2 is 1.22 bits per heavy atom. The average molecular weight is 755 g/mol. The smallest absolute Gasteiger partial charge is 0.414 e. The molecule has 0 spiro atoms. The van der Waals surface area contributed by atoms with E-state index < -0.39 is 52.9 Å². The maximum atomic E-state index is 14.2. The van der Waals surface area contributed by atoms with Crippen LogP contribution in [0.25, 0.3) is 0 Å². The first-order chi connectivity index (χ1) is 26.0. The maximum Gasteiger partial charge on any atom is 0.414 e. The number of anilines is 2. The molecule has 15 heteroatoms. The summed E-state index contributed by atoms with van der Waals surface area (Å²) in [5.41, 5.74) is 0.335. The number of amides is 4. The zero-order valence-corrected chi connectivity index (χ0v) is 32.2. The summed E-state index contributed by atoms with van der Waals surface area (Å²) >= 11 is 0. The van der Waals surface area contributed by atoms with Gasteiger partial charge in [0, 0.05) is 13.6 Å². The van der Waals surface area contributed by atoms with E-state index in [-0.39, 0.29) is 19.4 Å². The summed E-state index contributed by atoms with van der Waals surface area (Å²) in [4.78, 5) is 55.5. The highest BCUT2D eigenvalue weighted by atomic mass is 16.6. The molecule has 292 valence electrons. The molecule has 15 nitrogen and oxygen atoms in total. The lowest BCUT2D eigenvalue weighted by Crippen LogP contribution is -2.48. The van der Waals surface area contributed by atoms with Gasteiger partial charge in [0.1, 0.15) is 34.3 Å². The van der Waals surface area contributed by atoms with Gasteiger partial charge in [-0.15, -0.1) is 0 Å². The van der Waals surface area contributed by atoms with Gasteiger partial charge in [0.25, 0.3) is 0 Å². The van der Waals surface area contributed by atoms with Crippen molar-refractivity contribution in [1.29, 1.82) is 0 Å². The van der Waals surface area contributed by atoms with Crippen molar-refractivity contribution in [1.82, 2.24) is 25.7 Å². The maximum absolute atomic E-state index is 14.2. The van der Waals surface area contributed by atoms with E-state index in [4.69, 9.17) is 14.6 Å². The summed E-state index contributed by atoms with van der Waals surface area (Å²) in [5.74, 6) is -0.583. The number of aryl methyl sites for hydroxylation is 1. The van der Waals surface area contributed by atoms with Crippen molar-refractivity contribution >= 4 is 41.7 Å². The molecule has 3 aromatic carbocycles. The van der Waals surface area contributed by atoms with Crippen LogP contribution in [0.1, 0.15) is 71.1 Å². The summed E-state index contributed by atoms with van der Waals surface area (Å²) in [6, 6.07) is 28.4. The van der Waals surface area contributed by atoms with Crippen LogP contribution in [-0.4, -0.2) is 68.8 Å². The van der Waals surface area contributed by atoms with Gasteiger partial charge in [-0.1, -0.05) is 91.0 Å². The molecule has 1 atom stereocenters. The van der Waals surface area contributed by atoms with Crippen LogP contribution in [0.2, 0.25) is 0 Å². The first-order valence-corrected chi connectivity index (χ1v) is 17.8. The third kappa shape index (κ3) is 12.1. The number of carbonyl (C=O) groups is 4. The third-order valence-corrected chi connectivity index (χ3v) is 7.88. The van der Waals surface area contributed by atoms with Crippen molar-refractivity contribution in [2.75, 3.05) is 17.2 Å². The van der Waals surface area contributed by atoms with E-state index in [1.165, 1.54) is 6.20 Å². The Bertz CT molecular complexity index is 1810. The number of ether oxygens (including phenoxy) is 2. The van der Waals surface area contributed by atoms with Crippen LogP contribution < -0.4 is 26.6 Å². The molecule has 6 N–H and O–H groups in total. The second-order valence-corrected chi connectivity index (χ2v) is 14.6. The summed E-state index contributed by atoms with van der Waals surface area (Å²) < 4.78 is 12.3. The van der Waals surface area contributed by atoms with Gasteiger partial charge in [0.2, 0.25) is 11.9 Å².